The van der Waals surface area contributed by atoms with E-state index >= 15 is 0 Å². The van der Waals surface area contributed by atoms with Crippen molar-refractivity contribution in [2.24, 2.45) is 0 Å². The Hall–Kier alpha value is -4.08. The summed E-state index contributed by atoms with van der Waals surface area (Å²) in [5, 5.41) is 18.4. The van der Waals surface area contributed by atoms with E-state index in [0.717, 1.165) is 66.0 Å². The predicted molar refractivity (Wildman–Crippen MR) is 117 cm³/mol. The van der Waals surface area contributed by atoms with Gasteiger partial charge in [-0.25, -0.2) is 14.6 Å². The second-order valence-electron chi connectivity index (χ2n) is 7.51. The Bertz CT molecular complexity index is 1370. The summed E-state index contributed by atoms with van der Waals surface area (Å²) >= 11 is 0. The van der Waals surface area contributed by atoms with Crippen LogP contribution in [0.1, 0.15) is 5.82 Å². The number of piperazine rings is 1. The molecular weight excluding hydrogens is 392 g/mol. The highest BCUT2D eigenvalue weighted by Gasteiger charge is 2.22. The molecule has 1 aliphatic rings. The first-order valence-corrected chi connectivity index (χ1v) is 10.2. The molecule has 0 aliphatic carbocycles. The Kier molecular flexibility index (Phi) is 4.01. The molecule has 4 aromatic heterocycles. The summed E-state index contributed by atoms with van der Waals surface area (Å²) in [6, 6.07) is 14.0. The number of para-hydroxylation sites is 1. The molecule has 10 nitrogen and oxygen atoms in total. The number of aromatic nitrogens is 8. The van der Waals surface area contributed by atoms with Crippen LogP contribution in [0.3, 0.4) is 0 Å². The highest BCUT2D eigenvalue weighted by molar-refractivity contribution is 5.87. The van der Waals surface area contributed by atoms with Gasteiger partial charge < -0.3 is 9.80 Å². The smallest absolute Gasteiger partial charge is 0.178 e. The Morgan fingerprint density at radius 1 is 0.839 bits per heavy atom. The van der Waals surface area contributed by atoms with Gasteiger partial charge in [0.1, 0.15) is 18.0 Å². The normalized spacial score (nSPS) is 14.6. The molecule has 0 bridgehead atoms. The molecule has 6 rings (SSSR count). The van der Waals surface area contributed by atoms with Gasteiger partial charge in [-0.3, -0.25) is 0 Å². The molecule has 0 saturated carbocycles. The third-order valence-corrected chi connectivity index (χ3v) is 5.65. The van der Waals surface area contributed by atoms with Gasteiger partial charge in [0.15, 0.2) is 17.1 Å². The third-order valence-electron chi connectivity index (χ3n) is 5.65. The van der Waals surface area contributed by atoms with E-state index in [-0.39, 0.29) is 0 Å². The molecule has 5 aromatic rings. The van der Waals surface area contributed by atoms with Crippen molar-refractivity contribution >= 4 is 28.3 Å². The van der Waals surface area contributed by atoms with E-state index in [2.05, 4.69) is 35.1 Å². The van der Waals surface area contributed by atoms with Gasteiger partial charge in [-0.1, -0.05) is 18.2 Å². The van der Waals surface area contributed by atoms with Gasteiger partial charge in [0, 0.05) is 26.2 Å². The molecule has 1 aliphatic heterocycles. The number of hydrogen-bond donors (Lipinski definition) is 0. The van der Waals surface area contributed by atoms with Gasteiger partial charge in [0.05, 0.1) is 17.3 Å². The lowest BCUT2D eigenvalue weighted by Crippen LogP contribution is -2.47. The fourth-order valence-corrected chi connectivity index (χ4v) is 4.04. The van der Waals surface area contributed by atoms with Gasteiger partial charge >= 0.3 is 0 Å². The fraction of sp³-hybridized carbons (Fsp3) is 0.238. The molecule has 0 spiro atoms. The Morgan fingerprint density at radius 2 is 1.65 bits per heavy atom. The van der Waals surface area contributed by atoms with Crippen LogP contribution >= 0.6 is 0 Å². The second kappa shape index (κ2) is 7.01. The number of rotatable bonds is 3. The maximum Gasteiger partial charge on any atom is 0.178 e. The molecule has 1 saturated heterocycles. The molecule has 5 heterocycles. The van der Waals surface area contributed by atoms with Gasteiger partial charge in [0.2, 0.25) is 0 Å². The van der Waals surface area contributed by atoms with E-state index in [4.69, 9.17) is 5.10 Å². The lowest BCUT2D eigenvalue weighted by Gasteiger charge is -2.36. The third kappa shape index (κ3) is 2.95. The van der Waals surface area contributed by atoms with Crippen molar-refractivity contribution in [2.75, 3.05) is 36.0 Å². The van der Waals surface area contributed by atoms with E-state index < -0.39 is 0 Å². The first kappa shape index (κ1) is 17.8. The average Bonchev–Trinajstić information content (AvgIpc) is 3.43. The van der Waals surface area contributed by atoms with E-state index in [9.17, 15) is 0 Å². The van der Waals surface area contributed by atoms with Crippen molar-refractivity contribution in [2.45, 2.75) is 6.92 Å². The highest BCUT2D eigenvalue weighted by Crippen LogP contribution is 2.26. The zero-order valence-corrected chi connectivity index (χ0v) is 17.0. The zero-order chi connectivity index (χ0) is 20.8. The van der Waals surface area contributed by atoms with Gasteiger partial charge in [-0.05, 0) is 31.2 Å². The molecular formula is C21H20N10. The van der Waals surface area contributed by atoms with Crippen LogP contribution in [0, 0.1) is 6.92 Å². The number of fused-ring (bicyclic) bond motifs is 2. The van der Waals surface area contributed by atoms with E-state index in [1.54, 1.807) is 10.8 Å². The van der Waals surface area contributed by atoms with Crippen molar-refractivity contribution in [3.63, 3.8) is 0 Å². The summed E-state index contributed by atoms with van der Waals surface area (Å²) in [7, 11) is 0. The van der Waals surface area contributed by atoms with Crippen LogP contribution in [-0.2, 0) is 0 Å². The monoisotopic (exact) mass is 412 g/mol. The van der Waals surface area contributed by atoms with Crippen molar-refractivity contribution in [3.8, 4) is 5.69 Å². The Balaban J connectivity index is 1.26. The summed E-state index contributed by atoms with van der Waals surface area (Å²) in [5.41, 5.74) is 2.56. The van der Waals surface area contributed by atoms with E-state index in [0.29, 0.717) is 0 Å². The maximum absolute atomic E-state index is 4.70. The number of benzene rings is 1. The minimum absolute atomic E-state index is 0.763. The summed E-state index contributed by atoms with van der Waals surface area (Å²) in [6.07, 6.45) is 3.48. The first-order chi connectivity index (χ1) is 15.3. The first-order valence-electron chi connectivity index (χ1n) is 10.2. The van der Waals surface area contributed by atoms with E-state index in [1.807, 2.05) is 60.3 Å². The molecule has 0 radical (unpaired) electrons. The minimum Gasteiger partial charge on any atom is -0.352 e. The molecule has 0 atom stereocenters. The quantitative estimate of drug-likeness (QED) is 0.444. The van der Waals surface area contributed by atoms with Crippen molar-refractivity contribution < 1.29 is 0 Å². The van der Waals surface area contributed by atoms with Crippen LogP contribution in [0.4, 0.5) is 11.6 Å². The molecule has 0 N–H and O–H groups in total. The van der Waals surface area contributed by atoms with Gasteiger partial charge in [-0.15, -0.1) is 15.3 Å². The van der Waals surface area contributed by atoms with Crippen LogP contribution in [0.15, 0.2) is 55.0 Å². The molecule has 154 valence electrons. The number of nitrogens with zero attached hydrogens (tertiary/aromatic N) is 10. The summed E-state index contributed by atoms with van der Waals surface area (Å²) in [6.45, 7) is 5.27. The molecule has 1 aromatic carbocycles. The highest BCUT2D eigenvalue weighted by atomic mass is 15.4. The maximum atomic E-state index is 4.70. The lowest BCUT2D eigenvalue weighted by molar-refractivity contribution is 0.636. The van der Waals surface area contributed by atoms with Crippen LogP contribution in [0.5, 0.6) is 0 Å². The summed E-state index contributed by atoms with van der Waals surface area (Å²) < 4.78 is 3.64. The SMILES string of the molecule is Cc1nnc2ccc(N3CCN(c4ncnc5c4cnn5-c4ccccc4)CC3)nn12. The number of anilines is 2. The lowest BCUT2D eigenvalue weighted by atomic mass is 10.2. The standard InChI is InChI=1S/C21H20N10/c1-15-25-26-18-7-8-19(27-30(15)18)28-9-11-29(12-10-28)20-17-13-24-31(21(17)23-14-22-20)16-5-3-2-4-6-16/h2-8,13-14H,9-12H2,1H3. The molecule has 31 heavy (non-hydrogen) atoms. The largest absolute Gasteiger partial charge is 0.352 e. The van der Waals surface area contributed by atoms with Crippen LogP contribution < -0.4 is 9.80 Å². The van der Waals surface area contributed by atoms with Gasteiger partial charge in [0.25, 0.3) is 0 Å². The van der Waals surface area contributed by atoms with Crippen molar-refractivity contribution in [3.05, 3.63) is 60.8 Å². The number of hydrogen-bond acceptors (Lipinski definition) is 8. The summed E-state index contributed by atoms with van der Waals surface area (Å²) in [4.78, 5) is 13.7. The number of aryl methyl sites for hydroxylation is 1. The molecule has 0 unspecified atom stereocenters. The minimum atomic E-state index is 0.763. The van der Waals surface area contributed by atoms with Crippen LogP contribution in [-0.4, -0.2) is 65.7 Å². The van der Waals surface area contributed by atoms with Crippen molar-refractivity contribution in [1.82, 2.24) is 39.6 Å². The van der Waals surface area contributed by atoms with Crippen molar-refractivity contribution in [1.29, 1.82) is 0 Å². The van der Waals surface area contributed by atoms with Crippen LogP contribution in [0.2, 0.25) is 0 Å². The second-order valence-corrected chi connectivity index (χ2v) is 7.51. The predicted octanol–water partition coefficient (Wildman–Crippen LogP) is 1.89. The topological polar surface area (TPSA) is 93.2 Å². The van der Waals surface area contributed by atoms with Gasteiger partial charge in [-0.2, -0.15) is 9.61 Å². The Labute approximate surface area is 177 Å². The Morgan fingerprint density at radius 3 is 2.48 bits per heavy atom. The van der Waals surface area contributed by atoms with Crippen LogP contribution in [0.25, 0.3) is 22.4 Å². The zero-order valence-electron chi connectivity index (χ0n) is 17.0. The average molecular weight is 412 g/mol. The molecule has 0 amide bonds. The fourth-order valence-electron chi connectivity index (χ4n) is 4.04. The van der Waals surface area contributed by atoms with E-state index in [1.165, 1.54) is 0 Å². The summed E-state index contributed by atoms with van der Waals surface area (Å²) in [5.74, 6) is 2.64. The molecule has 1 fully saturated rings. The molecule has 10 heteroatoms.